The first kappa shape index (κ1) is 18.8. The molecule has 0 atom stereocenters. The third kappa shape index (κ3) is 5.44. The van der Waals surface area contributed by atoms with Crippen LogP contribution in [0.25, 0.3) is 0 Å². The van der Waals surface area contributed by atoms with E-state index in [4.69, 9.17) is 0 Å². The average Bonchev–Trinajstić information content (AvgIpc) is 2.29. The number of benzene rings is 1. The lowest BCUT2D eigenvalue weighted by Crippen LogP contribution is -2.15. The van der Waals surface area contributed by atoms with Crippen LogP contribution in [0, 0.1) is 0 Å². The SMILES string of the molecule is CC(C)(C)c1cc(O)c(C(C)(C)C)cc1O.CCCC. The molecule has 0 aliphatic heterocycles. The van der Waals surface area contributed by atoms with Gasteiger partial charge in [-0.1, -0.05) is 68.2 Å². The second kappa shape index (κ2) is 7.01. The average molecular weight is 280 g/mol. The molecule has 0 saturated heterocycles. The lowest BCUT2D eigenvalue weighted by atomic mass is 9.81. The second-order valence-electron chi connectivity index (χ2n) is 7.39. The van der Waals surface area contributed by atoms with Crippen LogP contribution in [-0.4, -0.2) is 10.2 Å². The normalized spacial score (nSPS) is 11.8. The van der Waals surface area contributed by atoms with Gasteiger partial charge in [0.2, 0.25) is 0 Å². The van der Waals surface area contributed by atoms with E-state index in [9.17, 15) is 10.2 Å². The van der Waals surface area contributed by atoms with Crippen LogP contribution in [0.5, 0.6) is 11.5 Å². The van der Waals surface area contributed by atoms with Gasteiger partial charge in [-0.25, -0.2) is 0 Å². The predicted molar refractivity (Wildman–Crippen MR) is 87.8 cm³/mol. The van der Waals surface area contributed by atoms with Gasteiger partial charge >= 0.3 is 0 Å². The zero-order chi connectivity index (χ0) is 16.1. The van der Waals surface area contributed by atoms with Crippen molar-refractivity contribution in [1.82, 2.24) is 0 Å². The van der Waals surface area contributed by atoms with Crippen LogP contribution < -0.4 is 0 Å². The van der Waals surface area contributed by atoms with Gasteiger partial charge in [0.25, 0.3) is 0 Å². The molecule has 116 valence electrons. The molecule has 1 aromatic carbocycles. The smallest absolute Gasteiger partial charge is 0.119 e. The van der Waals surface area contributed by atoms with E-state index in [1.807, 2.05) is 41.5 Å². The van der Waals surface area contributed by atoms with Crippen LogP contribution in [0.2, 0.25) is 0 Å². The van der Waals surface area contributed by atoms with E-state index in [0.29, 0.717) is 0 Å². The van der Waals surface area contributed by atoms with Gasteiger partial charge in [0.05, 0.1) is 0 Å². The van der Waals surface area contributed by atoms with Crippen molar-refractivity contribution in [2.75, 3.05) is 0 Å². The van der Waals surface area contributed by atoms with Crippen LogP contribution >= 0.6 is 0 Å². The Morgan fingerprint density at radius 1 is 0.700 bits per heavy atom. The third-order valence-electron chi connectivity index (χ3n) is 3.23. The summed E-state index contributed by atoms with van der Waals surface area (Å²) in [6, 6.07) is 3.35. The molecule has 0 saturated carbocycles. The van der Waals surface area contributed by atoms with Crippen LogP contribution in [0.4, 0.5) is 0 Å². The Balaban J connectivity index is 0.000000796. The molecule has 0 heterocycles. The minimum absolute atomic E-state index is 0.169. The van der Waals surface area contributed by atoms with Crippen molar-refractivity contribution in [3.8, 4) is 11.5 Å². The largest absolute Gasteiger partial charge is 0.508 e. The molecule has 0 spiro atoms. The quantitative estimate of drug-likeness (QED) is 0.667. The first-order valence-corrected chi connectivity index (χ1v) is 7.52. The second-order valence-corrected chi connectivity index (χ2v) is 7.39. The maximum Gasteiger partial charge on any atom is 0.119 e. The Bertz CT molecular complexity index is 379. The van der Waals surface area contributed by atoms with Crippen molar-refractivity contribution < 1.29 is 10.2 Å². The molecule has 20 heavy (non-hydrogen) atoms. The van der Waals surface area contributed by atoms with Crippen molar-refractivity contribution in [1.29, 1.82) is 0 Å². The number of rotatable bonds is 1. The van der Waals surface area contributed by atoms with Gasteiger partial charge in [0, 0.05) is 11.1 Å². The zero-order valence-electron chi connectivity index (χ0n) is 14.5. The molecule has 0 bridgehead atoms. The Labute approximate surface area is 124 Å². The van der Waals surface area contributed by atoms with Crippen molar-refractivity contribution in [2.45, 2.75) is 79.1 Å². The minimum atomic E-state index is -0.169. The lowest BCUT2D eigenvalue weighted by Gasteiger charge is -2.25. The number of hydrogen-bond donors (Lipinski definition) is 2. The molecular weight excluding hydrogens is 248 g/mol. The molecule has 0 aliphatic rings. The highest BCUT2D eigenvalue weighted by atomic mass is 16.3. The summed E-state index contributed by atoms with van der Waals surface area (Å²) in [5, 5.41) is 20.0. The molecule has 0 aliphatic carbocycles. The zero-order valence-corrected chi connectivity index (χ0v) is 14.5. The van der Waals surface area contributed by atoms with Crippen LogP contribution in [0.1, 0.15) is 79.4 Å². The molecule has 0 unspecified atom stereocenters. The van der Waals surface area contributed by atoms with Gasteiger partial charge in [-0.05, 0) is 23.0 Å². The molecule has 0 amide bonds. The summed E-state index contributed by atoms with van der Waals surface area (Å²) in [4.78, 5) is 0. The van der Waals surface area contributed by atoms with Crippen molar-refractivity contribution >= 4 is 0 Å². The number of phenolic OH excluding ortho intramolecular Hbond substituents is 2. The molecule has 0 radical (unpaired) electrons. The molecule has 1 rings (SSSR count). The molecule has 2 N–H and O–H groups in total. The van der Waals surface area contributed by atoms with E-state index < -0.39 is 0 Å². The summed E-state index contributed by atoms with van der Waals surface area (Å²) in [6.45, 7) is 16.4. The van der Waals surface area contributed by atoms with Crippen LogP contribution in [-0.2, 0) is 10.8 Å². The topological polar surface area (TPSA) is 40.5 Å². The van der Waals surface area contributed by atoms with Gasteiger partial charge < -0.3 is 10.2 Å². The van der Waals surface area contributed by atoms with Crippen LogP contribution in [0.3, 0.4) is 0 Å². The summed E-state index contributed by atoms with van der Waals surface area (Å²) in [7, 11) is 0. The van der Waals surface area contributed by atoms with Crippen molar-refractivity contribution in [2.24, 2.45) is 0 Å². The van der Waals surface area contributed by atoms with Gasteiger partial charge in [0.15, 0.2) is 0 Å². The van der Waals surface area contributed by atoms with E-state index in [0.717, 1.165) is 11.1 Å². The van der Waals surface area contributed by atoms with Crippen molar-refractivity contribution in [3.05, 3.63) is 23.3 Å². The molecule has 0 aromatic heterocycles. The minimum Gasteiger partial charge on any atom is -0.508 e. The molecule has 2 heteroatoms. The van der Waals surface area contributed by atoms with E-state index in [-0.39, 0.29) is 22.3 Å². The first-order chi connectivity index (χ1) is 8.95. The first-order valence-electron chi connectivity index (χ1n) is 7.52. The summed E-state index contributed by atoms with van der Waals surface area (Å²) in [5.74, 6) is 0.519. The summed E-state index contributed by atoms with van der Waals surface area (Å²) in [5.41, 5.74) is 1.21. The Morgan fingerprint density at radius 3 is 1.10 bits per heavy atom. The van der Waals surface area contributed by atoms with Gasteiger partial charge in [-0.3, -0.25) is 0 Å². The van der Waals surface area contributed by atoms with E-state index in [1.54, 1.807) is 12.1 Å². The number of phenols is 2. The third-order valence-corrected chi connectivity index (χ3v) is 3.23. The van der Waals surface area contributed by atoms with Gasteiger partial charge in [0.1, 0.15) is 11.5 Å². The molecule has 0 fully saturated rings. The number of unbranched alkanes of at least 4 members (excludes halogenated alkanes) is 1. The van der Waals surface area contributed by atoms with Crippen LogP contribution in [0.15, 0.2) is 12.1 Å². The number of aromatic hydroxyl groups is 2. The molecular formula is C18H32O2. The van der Waals surface area contributed by atoms with E-state index >= 15 is 0 Å². The van der Waals surface area contributed by atoms with E-state index in [2.05, 4.69) is 13.8 Å². The van der Waals surface area contributed by atoms with E-state index in [1.165, 1.54) is 12.8 Å². The lowest BCUT2D eigenvalue weighted by molar-refractivity contribution is 0.419. The highest BCUT2D eigenvalue weighted by molar-refractivity contribution is 5.50. The Kier molecular flexibility index (Phi) is 6.60. The fraction of sp³-hybridized carbons (Fsp3) is 0.667. The maximum atomic E-state index is 10.0. The summed E-state index contributed by atoms with van der Waals surface area (Å²) < 4.78 is 0. The predicted octanol–water partition coefficient (Wildman–Crippen LogP) is 5.50. The van der Waals surface area contributed by atoms with Gasteiger partial charge in [-0.15, -0.1) is 0 Å². The maximum absolute atomic E-state index is 10.0. The summed E-state index contributed by atoms with van der Waals surface area (Å²) >= 11 is 0. The standard InChI is InChI=1S/C14H22O2.C4H10/c1-13(2,3)9-7-12(16)10(8-11(9)15)14(4,5)6;1-3-4-2/h7-8,15-16H,1-6H3;3-4H2,1-2H3. The fourth-order valence-electron chi connectivity index (χ4n) is 1.78. The Hall–Kier alpha value is -1.18. The number of hydrogen-bond acceptors (Lipinski definition) is 2. The fourth-order valence-corrected chi connectivity index (χ4v) is 1.78. The Morgan fingerprint density at radius 2 is 0.950 bits per heavy atom. The van der Waals surface area contributed by atoms with Crippen molar-refractivity contribution in [3.63, 3.8) is 0 Å². The highest BCUT2D eigenvalue weighted by Gasteiger charge is 2.24. The monoisotopic (exact) mass is 280 g/mol. The van der Waals surface area contributed by atoms with Gasteiger partial charge in [-0.2, -0.15) is 0 Å². The molecule has 1 aromatic rings. The molecule has 2 nitrogen and oxygen atoms in total. The summed E-state index contributed by atoms with van der Waals surface area (Å²) in [6.07, 6.45) is 2.64. The highest BCUT2D eigenvalue weighted by Crippen LogP contribution is 2.39.